The lowest BCUT2D eigenvalue weighted by atomic mass is 10.2. The molecule has 6 heteroatoms. The van der Waals surface area contributed by atoms with Crippen molar-refractivity contribution in [2.75, 3.05) is 0 Å². The van der Waals surface area contributed by atoms with E-state index in [1.165, 1.54) is 17.6 Å². The fourth-order valence-corrected chi connectivity index (χ4v) is 3.16. The van der Waals surface area contributed by atoms with Crippen molar-refractivity contribution in [2.24, 2.45) is 0 Å². The molecule has 0 aliphatic rings. The first kappa shape index (κ1) is 12.0. The summed E-state index contributed by atoms with van der Waals surface area (Å²) in [6.45, 7) is 0. The second-order valence-corrected chi connectivity index (χ2v) is 5.49. The lowest BCUT2D eigenvalue weighted by molar-refractivity contribution is 0.556. The van der Waals surface area contributed by atoms with Crippen molar-refractivity contribution in [2.45, 2.75) is 0 Å². The van der Waals surface area contributed by atoms with Gasteiger partial charge >= 0.3 is 0 Å². The highest BCUT2D eigenvalue weighted by Gasteiger charge is 2.11. The van der Waals surface area contributed by atoms with E-state index < -0.39 is 0 Å². The van der Waals surface area contributed by atoms with Gasteiger partial charge in [0.1, 0.15) is 10.3 Å². The zero-order chi connectivity index (χ0) is 14.4. The lowest BCUT2D eigenvalue weighted by Crippen LogP contribution is -2.30. The van der Waals surface area contributed by atoms with Crippen molar-refractivity contribution < 1.29 is 4.42 Å². The van der Waals surface area contributed by atoms with E-state index in [-0.39, 0.29) is 11.1 Å². The molecule has 3 aromatic heterocycles. The molecule has 21 heavy (non-hydrogen) atoms. The third kappa shape index (κ3) is 1.80. The molecule has 0 radical (unpaired) electrons. The molecular formula is C15H8N2O3S. The molecule has 0 saturated carbocycles. The number of rotatable bonds is 1. The number of nitrogens with zero attached hydrogens (tertiary/aromatic N) is 2. The van der Waals surface area contributed by atoms with Crippen molar-refractivity contribution in [1.82, 2.24) is 9.38 Å². The molecular weight excluding hydrogens is 288 g/mol. The second-order valence-electron chi connectivity index (χ2n) is 4.48. The van der Waals surface area contributed by atoms with E-state index in [2.05, 4.69) is 4.98 Å². The predicted molar refractivity (Wildman–Crippen MR) is 80.6 cm³/mol. The number of thiazole rings is 1. The minimum absolute atomic E-state index is 0.337. The van der Waals surface area contributed by atoms with Crippen LogP contribution in [0.25, 0.3) is 21.9 Å². The molecule has 5 nitrogen and oxygen atoms in total. The monoisotopic (exact) mass is 296 g/mol. The van der Waals surface area contributed by atoms with Gasteiger partial charge in [0.05, 0.1) is 17.2 Å². The van der Waals surface area contributed by atoms with Crippen LogP contribution in [0.15, 0.2) is 56.7 Å². The standard InChI is InChI=1S/C15H8N2O3S/c18-13-10-5-1-2-6-11(10)16-15-17(13)14(19)12(21-15)8-9-4-3-7-20-9/h1-8H/b12-8-. The average Bonchev–Trinajstić information content (AvgIpc) is 3.09. The lowest BCUT2D eigenvalue weighted by Gasteiger charge is -1.95. The van der Waals surface area contributed by atoms with Gasteiger partial charge in [-0.25, -0.2) is 9.38 Å². The van der Waals surface area contributed by atoms with Gasteiger partial charge in [-0.2, -0.15) is 0 Å². The molecule has 0 amide bonds. The summed E-state index contributed by atoms with van der Waals surface area (Å²) in [5.74, 6) is 0.566. The maximum absolute atomic E-state index is 12.4. The molecule has 0 saturated heterocycles. The van der Waals surface area contributed by atoms with E-state index in [9.17, 15) is 9.59 Å². The number of hydrogen-bond donors (Lipinski definition) is 0. The van der Waals surface area contributed by atoms with E-state index in [0.29, 0.717) is 26.2 Å². The van der Waals surface area contributed by atoms with Crippen molar-refractivity contribution in [3.05, 3.63) is 73.7 Å². The summed E-state index contributed by atoms with van der Waals surface area (Å²) in [5, 5.41) is 0.439. The van der Waals surface area contributed by atoms with E-state index in [1.807, 2.05) is 6.07 Å². The maximum Gasteiger partial charge on any atom is 0.277 e. The number of para-hydroxylation sites is 1. The summed E-state index contributed by atoms with van der Waals surface area (Å²) in [6.07, 6.45) is 3.15. The first-order valence-corrected chi connectivity index (χ1v) is 7.05. The van der Waals surface area contributed by atoms with Gasteiger partial charge in [-0.15, -0.1) is 0 Å². The van der Waals surface area contributed by atoms with Crippen LogP contribution >= 0.6 is 11.3 Å². The Bertz CT molecular complexity index is 1120. The van der Waals surface area contributed by atoms with Gasteiger partial charge in [-0.05, 0) is 24.3 Å². The van der Waals surface area contributed by atoms with Gasteiger partial charge in [0, 0.05) is 6.08 Å². The highest BCUT2D eigenvalue weighted by molar-refractivity contribution is 7.15. The molecule has 0 aliphatic heterocycles. The molecule has 0 aliphatic carbocycles. The molecule has 3 heterocycles. The quantitative estimate of drug-likeness (QED) is 0.533. The van der Waals surface area contributed by atoms with Crippen LogP contribution in [0.1, 0.15) is 5.76 Å². The number of aromatic nitrogens is 2. The second kappa shape index (κ2) is 4.39. The summed E-state index contributed by atoms with van der Waals surface area (Å²) in [5.41, 5.74) is -0.112. The van der Waals surface area contributed by atoms with Crippen LogP contribution in [0, 0.1) is 0 Å². The minimum atomic E-state index is -0.366. The summed E-state index contributed by atoms with van der Waals surface area (Å²) in [7, 11) is 0. The van der Waals surface area contributed by atoms with E-state index >= 15 is 0 Å². The smallest absolute Gasteiger partial charge is 0.277 e. The van der Waals surface area contributed by atoms with E-state index in [4.69, 9.17) is 4.42 Å². The Kier molecular flexibility index (Phi) is 2.52. The van der Waals surface area contributed by atoms with Gasteiger partial charge in [0.2, 0.25) is 4.96 Å². The van der Waals surface area contributed by atoms with E-state index in [1.54, 1.807) is 36.4 Å². The van der Waals surface area contributed by atoms with Gasteiger partial charge in [-0.3, -0.25) is 9.59 Å². The van der Waals surface area contributed by atoms with Crippen LogP contribution in [-0.4, -0.2) is 9.38 Å². The van der Waals surface area contributed by atoms with Gasteiger partial charge < -0.3 is 4.42 Å². The fraction of sp³-hybridized carbons (Fsp3) is 0. The molecule has 1 aromatic carbocycles. The third-order valence-corrected chi connectivity index (χ3v) is 4.15. The highest BCUT2D eigenvalue weighted by atomic mass is 32.1. The molecule has 0 atom stereocenters. The predicted octanol–water partition coefficient (Wildman–Crippen LogP) is 1.41. The Labute approximate surface area is 121 Å². The molecule has 4 rings (SSSR count). The topological polar surface area (TPSA) is 64.6 Å². The number of benzene rings is 1. The van der Waals surface area contributed by atoms with Crippen LogP contribution in [0.3, 0.4) is 0 Å². The minimum Gasteiger partial charge on any atom is -0.465 e. The largest absolute Gasteiger partial charge is 0.465 e. The maximum atomic E-state index is 12.4. The van der Waals surface area contributed by atoms with Crippen LogP contribution < -0.4 is 15.7 Å². The molecule has 4 aromatic rings. The van der Waals surface area contributed by atoms with Crippen LogP contribution in [0.5, 0.6) is 0 Å². The Morgan fingerprint density at radius 2 is 1.95 bits per heavy atom. The van der Waals surface area contributed by atoms with Crippen molar-refractivity contribution >= 4 is 33.3 Å². The zero-order valence-corrected chi connectivity index (χ0v) is 11.5. The molecule has 102 valence electrons. The summed E-state index contributed by atoms with van der Waals surface area (Å²) in [6, 6.07) is 10.5. The molecule has 0 N–H and O–H groups in total. The average molecular weight is 296 g/mol. The molecule has 0 spiro atoms. The molecule has 0 unspecified atom stereocenters. The van der Waals surface area contributed by atoms with Gasteiger partial charge in [0.25, 0.3) is 11.1 Å². The highest BCUT2D eigenvalue weighted by Crippen LogP contribution is 2.09. The summed E-state index contributed by atoms with van der Waals surface area (Å²) >= 11 is 1.17. The number of hydrogen-bond acceptors (Lipinski definition) is 5. The number of fused-ring (bicyclic) bond motifs is 2. The summed E-state index contributed by atoms with van der Waals surface area (Å²) < 4.78 is 6.73. The first-order chi connectivity index (χ1) is 10.2. The fourth-order valence-electron chi connectivity index (χ4n) is 2.21. The van der Waals surface area contributed by atoms with Gasteiger partial charge in [0.15, 0.2) is 0 Å². The Balaban J connectivity index is 2.16. The third-order valence-electron chi connectivity index (χ3n) is 3.18. The normalized spacial score (nSPS) is 12.5. The van der Waals surface area contributed by atoms with Crippen LogP contribution in [0.4, 0.5) is 0 Å². The van der Waals surface area contributed by atoms with Gasteiger partial charge in [-0.1, -0.05) is 23.5 Å². The van der Waals surface area contributed by atoms with E-state index in [0.717, 1.165) is 4.40 Å². The Hall–Kier alpha value is -2.73. The SMILES string of the molecule is O=c1/c(=C/c2ccco2)sc2nc3ccccc3c(=O)n12. The Morgan fingerprint density at radius 1 is 1.10 bits per heavy atom. The van der Waals surface area contributed by atoms with Crippen LogP contribution in [-0.2, 0) is 0 Å². The van der Waals surface area contributed by atoms with Crippen molar-refractivity contribution in [1.29, 1.82) is 0 Å². The molecule has 0 bridgehead atoms. The van der Waals surface area contributed by atoms with Crippen LogP contribution in [0.2, 0.25) is 0 Å². The Morgan fingerprint density at radius 3 is 2.76 bits per heavy atom. The molecule has 0 fully saturated rings. The first-order valence-electron chi connectivity index (χ1n) is 6.23. The number of furan rings is 1. The van der Waals surface area contributed by atoms with Crippen molar-refractivity contribution in [3.63, 3.8) is 0 Å². The zero-order valence-electron chi connectivity index (χ0n) is 10.6. The van der Waals surface area contributed by atoms with Crippen molar-refractivity contribution in [3.8, 4) is 0 Å². The summed E-state index contributed by atoms with van der Waals surface area (Å²) in [4.78, 5) is 29.6.